The first-order chi connectivity index (χ1) is 11.9. The highest BCUT2D eigenvalue weighted by molar-refractivity contribution is 6.36. The molecule has 0 aromatic heterocycles. The van der Waals surface area contributed by atoms with E-state index in [0.29, 0.717) is 22.2 Å². The molecule has 1 atom stereocenters. The van der Waals surface area contributed by atoms with E-state index in [1.807, 2.05) is 30.3 Å². The highest BCUT2D eigenvalue weighted by atomic mass is 35.5. The van der Waals surface area contributed by atoms with Crippen LogP contribution in [-0.2, 0) is 22.6 Å². The van der Waals surface area contributed by atoms with Gasteiger partial charge in [-0.05, 0) is 30.2 Å². The molecule has 6 heteroatoms. The molecule has 0 aliphatic rings. The molecule has 0 heterocycles. The molecular weight excluding hydrogens is 359 g/mol. The normalized spacial score (nSPS) is 11.7. The quantitative estimate of drug-likeness (QED) is 0.832. The van der Waals surface area contributed by atoms with Crippen LogP contribution in [0, 0.1) is 0 Å². The molecule has 132 valence electrons. The fourth-order valence-electron chi connectivity index (χ4n) is 2.53. The van der Waals surface area contributed by atoms with Gasteiger partial charge in [-0.3, -0.25) is 9.59 Å². The second-order valence-corrected chi connectivity index (χ2v) is 6.49. The van der Waals surface area contributed by atoms with Gasteiger partial charge in [-0.1, -0.05) is 59.6 Å². The minimum Gasteiger partial charge on any atom is -0.357 e. The summed E-state index contributed by atoms with van der Waals surface area (Å²) in [6.45, 7) is 2.03. The van der Waals surface area contributed by atoms with Crippen LogP contribution in [-0.4, -0.2) is 29.8 Å². The Balaban J connectivity index is 2.27. The third kappa shape index (κ3) is 4.97. The molecule has 2 rings (SSSR count). The minimum absolute atomic E-state index is 0.0344. The molecule has 0 aliphatic carbocycles. The van der Waals surface area contributed by atoms with Crippen molar-refractivity contribution in [3.05, 3.63) is 69.7 Å². The summed E-state index contributed by atoms with van der Waals surface area (Å²) < 4.78 is 0. The van der Waals surface area contributed by atoms with Crippen LogP contribution in [0.3, 0.4) is 0 Å². The second-order valence-electron chi connectivity index (χ2n) is 5.67. The second kappa shape index (κ2) is 8.88. The maximum Gasteiger partial charge on any atom is 0.242 e. The molecule has 4 nitrogen and oxygen atoms in total. The van der Waals surface area contributed by atoms with Crippen LogP contribution in [0.25, 0.3) is 0 Å². The zero-order chi connectivity index (χ0) is 18.4. The molecule has 0 bridgehead atoms. The lowest BCUT2D eigenvalue weighted by molar-refractivity contribution is -0.139. The van der Waals surface area contributed by atoms with Crippen LogP contribution >= 0.6 is 23.2 Å². The Bertz CT molecular complexity index is 730. The molecule has 0 unspecified atom stereocenters. The van der Waals surface area contributed by atoms with Gasteiger partial charge in [-0.2, -0.15) is 0 Å². The van der Waals surface area contributed by atoms with E-state index in [9.17, 15) is 9.59 Å². The number of hydrogen-bond donors (Lipinski definition) is 1. The molecule has 0 aliphatic heterocycles. The number of carbonyl (C=O) groups excluding carboxylic acids is 2. The van der Waals surface area contributed by atoms with Crippen LogP contribution in [0.15, 0.2) is 48.5 Å². The van der Waals surface area contributed by atoms with Crippen LogP contribution in [0.1, 0.15) is 18.1 Å². The average molecular weight is 379 g/mol. The van der Waals surface area contributed by atoms with Crippen LogP contribution in [0.2, 0.25) is 10.0 Å². The van der Waals surface area contributed by atoms with E-state index in [0.717, 1.165) is 5.56 Å². The number of nitrogens with one attached hydrogen (secondary N) is 1. The summed E-state index contributed by atoms with van der Waals surface area (Å²) in [5.74, 6) is -0.440. The van der Waals surface area contributed by atoms with Gasteiger partial charge in [0.25, 0.3) is 0 Å². The van der Waals surface area contributed by atoms with E-state index in [4.69, 9.17) is 23.2 Å². The van der Waals surface area contributed by atoms with Crippen molar-refractivity contribution in [2.75, 3.05) is 7.05 Å². The third-order valence-electron chi connectivity index (χ3n) is 4.00. The van der Waals surface area contributed by atoms with Gasteiger partial charge in [0.15, 0.2) is 0 Å². The maximum atomic E-state index is 12.9. The standard InChI is InChI=1S/C19H20Cl2N2O2/c1-13(19(25)22-2)23(12-14-7-4-3-5-8-14)18(24)11-15-16(20)9-6-10-17(15)21/h3-10,13H,11-12H2,1-2H3,(H,22,25)/t13-/m0/s1. The van der Waals surface area contributed by atoms with Gasteiger partial charge >= 0.3 is 0 Å². The summed E-state index contributed by atoms with van der Waals surface area (Å²) in [6, 6.07) is 14.0. The van der Waals surface area contributed by atoms with Crippen molar-refractivity contribution in [3.8, 4) is 0 Å². The largest absolute Gasteiger partial charge is 0.357 e. The lowest BCUT2D eigenvalue weighted by atomic mass is 10.1. The number of halogens is 2. The van der Waals surface area contributed by atoms with Gasteiger partial charge in [-0.15, -0.1) is 0 Å². The van der Waals surface area contributed by atoms with Crippen LogP contribution < -0.4 is 5.32 Å². The summed E-state index contributed by atoms with van der Waals surface area (Å²) in [5.41, 5.74) is 1.51. The van der Waals surface area contributed by atoms with E-state index < -0.39 is 6.04 Å². The van der Waals surface area contributed by atoms with Gasteiger partial charge in [-0.25, -0.2) is 0 Å². The third-order valence-corrected chi connectivity index (χ3v) is 4.71. The zero-order valence-corrected chi connectivity index (χ0v) is 15.6. The fraction of sp³-hybridized carbons (Fsp3) is 0.263. The Kier molecular flexibility index (Phi) is 6.85. The van der Waals surface area contributed by atoms with E-state index in [-0.39, 0.29) is 18.2 Å². The highest BCUT2D eigenvalue weighted by Gasteiger charge is 2.26. The van der Waals surface area contributed by atoms with Crippen molar-refractivity contribution in [1.29, 1.82) is 0 Å². The number of amides is 2. The van der Waals surface area contributed by atoms with Crippen molar-refractivity contribution >= 4 is 35.0 Å². The molecule has 2 amide bonds. The van der Waals surface area contributed by atoms with E-state index in [2.05, 4.69) is 5.32 Å². The van der Waals surface area contributed by atoms with E-state index >= 15 is 0 Å². The minimum atomic E-state index is -0.612. The molecule has 0 spiro atoms. The summed E-state index contributed by atoms with van der Waals surface area (Å²) in [6.07, 6.45) is 0.0344. The van der Waals surface area contributed by atoms with E-state index in [1.54, 1.807) is 32.2 Å². The van der Waals surface area contributed by atoms with Gasteiger partial charge in [0.2, 0.25) is 11.8 Å². The predicted molar refractivity (Wildman–Crippen MR) is 101 cm³/mol. The average Bonchev–Trinajstić information content (AvgIpc) is 2.62. The van der Waals surface area contributed by atoms with Crippen molar-refractivity contribution in [3.63, 3.8) is 0 Å². The van der Waals surface area contributed by atoms with Gasteiger partial charge in [0.1, 0.15) is 6.04 Å². The SMILES string of the molecule is CNC(=O)[C@H](C)N(Cc1ccccc1)C(=O)Cc1c(Cl)cccc1Cl. The summed E-state index contributed by atoms with van der Waals surface area (Å²) >= 11 is 12.3. The lowest BCUT2D eigenvalue weighted by Crippen LogP contribution is -2.47. The molecule has 0 fully saturated rings. The number of carbonyl (C=O) groups is 2. The molecule has 0 radical (unpaired) electrons. The number of hydrogen-bond acceptors (Lipinski definition) is 2. The van der Waals surface area contributed by atoms with Gasteiger partial charge in [0.05, 0.1) is 6.42 Å². The van der Waals surface area contributed by atoms with E-state index in [1.165, 1.54) is 4.90 Å². The first kappa shape index (κ1) is 19.3. The Morgan fingerprint density at radius 1 is 1.04 bits per heavy atom. The van der Waals surface area contributed by atoms with Crippen LogP contribution in [0.5, 0.6) is 0 Å². The Morgan fingerprint density at radius 2 is 1.64 bits per heavy atom. The molecule has 2 aromatic rings. The Labute approximate surface area is 157 Å². The lowest BCUT2D eigenvalue weighted by Gasteiger charge is -2.28. The number of rotatable bonds is 6. The van der Waals surface area contributed by atoms with Crippen LogP contribution in [0.4, 0.5) is 0 Å². The number of likely N-dealkylation sites (N-methyl/N-ethyl adjacent to an activating group) is 1. The molecule has 0 saturated heterocycles. The first-order valence-corrected chi connectivity index (χ1v) is 8.67. The predicted octanol–water partition coefficient (Wildman–Crippen LogP) is 3.70. The molecule has 0 saturated carbocycles. The summed E-state index contributed by atoms with van der Waals surface area (Å²) in [4.78, 5) is 26.5. The molecule has 25 heavy (non-hydrogen) atoms. The summed E-state index contributed by atoms with van der Waals surface area (Å²) in [5, 5.41) is 3.46. The Hall–Kier alpha value is -2.04. The van der Waals surface area contributed by atoms with Gasteiger partial charge < -0.3 is 10.2 Å². The zero-order valence-electron chi connectivity index (χ0n) is 14.1. The smallest absolute Gasteiger partial charge is 0.242 e. The summed E-state index contributed by atoms with van der Waals surface area (Å²) in [7, 11) is 1.55. The van der Waals surface area contributed by atoms with Crippen molar-refractivity contribution in [2.24, 2.45) is 0 Å². The maximum absolute atomic E-state index is 12.9. The Morgan fingerprint density at radius 3 is 2.20 bits per heavy atom. The van der Waals surface area contributed by atoms with Gasteiger partial charge in [0, 0.05) is 23.6 Å². The number of nitrogens with zero attached hydrogens (tertiary/aromatic N) is 1. The van der Waals surface area contributed by atoms with Crippen molar-refractivity contribution in [2.45, 2.75) is 25.9 Å². The molecule has 2 aromatic carbocycles. The topological polar surface area (TPSA) is 49.4 Å². The van der Waals surface area contributed by atoms with Crippen molar-refractivity contribution in [1.82, 2.24) is 10.2 Å². The molecule has 1 N–H and O–H groups in total. The molecular formula is C19H20Cl2N2O2. The van der Waals surface area contributed by atoms with Crippen molar-refractivity contribution < 1.29 is 9.59 Å². The fourth-order valence-corrected chi connectivity index (χ4v) is 3.06. The monoisotopic (exact) mass is 378 g/mol. The number of benzene rings is 2. The highest BCUT2D eigenvalue weighted by Crippen LogP contribution is 2.25. The first-order valence-electron chi connectivity index (χ1n) is 7.92.